The predicted octanol–water partition coefficient (Wildman–Crippen LogP) is 8.58. The molecule has 29 heavy (non-hydrogen) atoms. The van der Waals surface area contributed by atoms with Crippen molar-refractivity contribution in [2.75, 3.05) is 0 Å². The molecule has 0 amide bonds. The molecule has 2 fully saturated rings. The minimum Gasteiger partial charge on any atom is -0.0901 e. The van der Waals surface area contributed by atoms with Crippen LogP contribution in [0.4, 0.5) is 0 Å². The van der Waals surface area contributed by atoms with Crippen molar-refractivity contribution in [3.63, 3.8) is 0 Å². The molecular formula is C28H38S. The highest BCUT2D eigenvalue weighted by Crippen LogP contribution is 2.35. The lowest BCUT2D eigenvalue weighted by Gasteiger charge is -2.28. The van der Waals surface area contributed by atoms with Crippen molar-refractivity contribution < 1.29 is 0 Å². The number of rotatable bonds is 6. The number of hydrogen-bond donors (Lipinski definition) is 0. The van der Waals surface area contributed by atoms with E-state index in [0.717, 1.165) is 23.7 Å². The lowest BCUT2D eigenvalue weighted by atomic mass is 9.77. The molecule has 0 aliphatic heterocycles. The minimum absolute atomic E-state index is 0.890. The van der Waals surface area contributed by atoms with Crippen molar-refractivity contribution in [3.8, 4) is 0 Å². The Balaban J connectivity index is 1.30. The zero-order chi connectivity index (χ0) is 20.1. The van der Waals surface area contributed by atoms with Crippen LogP contribution in [0, 0.1) is 23.7 Å². The summed E-state index contributed by atoms with van der Waals surface area (Å²) in [4.78, 5) is 2.72. The molecule has 2 aliphatic carbocycles. The zero-order valence-electron chi connectivity index (χ0n) is 18.4. The van der Waals surface area contributed by atoms with Crippen LogP contribution in [0.25, 0.3) is 0 Å². The van der Waals surface area contributed by atoms with Gasteiger partial charge in [0.1, 0.15) is 0 Å². The quantitative estimate of drug-likeness (QED) is 0.463. The molecule has 0 bridgehead atoms. The molecule has 0 aromatic heterocycles. The topological polar surface area (TPSA) is 0 Å². The monoisotopic (exact) mass is 406 g/mol. The molecule has 0 saturated heterocycles. The Morgan fingerprint density at radius 3 is 1.34 bits per heavy atom. The summed E-state index contributed by atoms with van der Waals surface area (Å²) in [5.74, 6) is 3.57. The molecule has 1 heteroatoms. The van der Waals surface area contributed by atoms with Crippen molar-refractivity contribution in [3.05, 3.63) is 59.7 Å². The van der Waals surface area contributed by atoms with Crippen LogP contribution < -0.4 is 0 Å². The Morgan fingerprint density at radius 2 is 0.966 bits per heavy atom. The summed E-state index contributed by atoms with van der Waals surface area (Å²) in [5, 5.41) is 0. The van der Waals surface area contributed by atoms with Crippen molar-refractivity contribution in [2.45, 2.75) is 87.8 Å². The van der Waals surface area contributed by atoms with Crippen molar-refractivity contribution in [2.24, 2.45) is 23.7 Å². The summed E-state index contributed by atoms with van der Waals surface area (Å²) in [6, 6.07) is 18.8. The molecule has 4 unspecified atom stereocenters. The number of hydrogen-bond acceptors (Lipinski definition) is 1. The van der Waals surface area contributed by atoms with E-state index in [0.29, 0.717) is 0 Å². The molecular weight excluding hydrogens is 368 g/mol. The fourth-order valence-electron chi connectivity index (χ4n) is 5.52. The van der Waals surface area contributed by atoms with E-state index >= 15 is 0 Å². The van der Waals surface area contributed by atoms with Gasteiger partial charge in [-0.05, 0) is 84.7 Å². The molecule has 0 N–H and O–H groups in total. The molecule has 4 atom stereocenters. The fraction of sp³-hybridized carbons (Fsp3) is 0.571. The Kier molecular flexibility index (Phi) is 7.40. The predicted molar refractivity (Wildman–Crippen MR) is 127 cm³/mol. The van der Waals surface area contributed by atoms with Crippen LogP contribution in [0.15, 0.2) is 58.3 Å². The van der Waals surface area contributed by atoms with E-state index in [4.69, 9.17) is 0 Å². The molecule has 2 aliphatic rings. The Labute approximate surface area is 182 Å². The maximum atomic E-state index is 2.45. The van der Waals surface area contributed by atoms with Gasteiger partial charge in [-0.1, -0.05) is 88.4 Å². The van der Waals surface area contributed by atoms with E-state index in [1.165, 1.54) is 85.1 Å². The van der Waals surface area contributed by atoms with E-state index in [9.17, 15) is 0 Å². The summed E-state index contributed by atoms with van der Waals surface area (Å²) < 4.78 is 0. The van der Waals surface area contributed by atoms with Gasteiger partial charge in [0.05, 0.1) is 0 Å². The Hall–Kier alpha value is -1.21. The Bertz CT molecular complexity index is 679. The lowest BCUT2D eigenvalue weighted by Crippen LogP contribution is -2.18. The van der Waals surface area contributed by atoms with Gasteiger partial charge >= 0.3 is 0 Å². The lowest BCUT2D eigenvalue weighted by molar-refractivity contribution is 0.255. The van der Waals surface area contributed by atoms with E-state index in [2.05, 4.69) is 62.4 Å². The van der Waals surface area contributed by atoms with E-state index < -0.39 is 0 Å². The van der Waals surface area contributed by atoms with E-state index in [-0.39, 0.29) is 0 Å². The second-order valence-electron chi connectivity index (χ2n) is 9.84. The summed E-state index contributed by atoms with van der Waals surface area (Å²) in [5.41, 5.74) is 3.04. The third kappa shape index (κ3) is 5.91. The Morgan fingerprint density at radius 1 is 0.586 bits per heavy atom. The summed E-state index contributed by atoms with van der Waals surface area (Å²) in [6.45, 7) is 4.90. The standard InChI is InChI=1S/C28H38S/c1-21-7-3-5-9-25(21)19-23-11-15-27(16-12-23)29-28-17-13-24(14-18-28)20-26-10-6-4-8-22(26)2/h11-18,21-22,25-26H,3-10,19-20H2,1-2H3. The smallest absolute Gasteiger partial charge is 0.0122 e. The molecule has 156 valence electrons. The van der Waals surface area contributed by atoms with Gasteiger partial charge in [-0.25, -0.2) is 0 Å². The minimum atomic E-state index is 0.890. The van der Waals surface area contributed by atoms with E-state index in [1.54, 1.807) is 0 Å². The summed E-state index contributed by atoms with van der Waals surface area (Å²) >= 11 is 1.90. The van der Waals surface area contributed by atoms with Crippen molar-refractivity contribution in [1.29, 1.82) is 0 Å². The van der Waals surface area contributed by atoms with Crippen molar-refractivity contribution in [1.82, 2.24) is 0 Å². The maximum absolute atomic E-state index is 2.45. The molecule has 0 nitrogen and oxygen atoms in total. The first kappa shape index (κ1) is 21.0. The van der Waals surface area contributed by atoms with Gasteiger partial charge in [-0.3, -0.25) is 0 Å². The highest BCUT2D eigenvalue weighted by atomic mass is 32.2. The van der Waals surface area contributed by atoms with Gasteiger partial charge in [-0.15, -0.1) is 0 Å². The van der Waals surface area contributed by atoms with Gasteiger partial charge in [-0.2, -0.15) is 0 Å². The zero-order valence-corrected chi connectivity index (χ0v) is 19.2. The molecule has 0 radical (unpaired) electrons. The van der Waals surface area contributed by atoms with Crippen LogP contribution in [0.5, 0.6) is 0 Å². The average Bonchev–Trinajstić information content (AvgIpc) is 2.74. The normalized spacial score (nSPS) is 27.7. The second-order valence-corrected chi connectivity index (χ2v) is 11.0. The van der Waals surface area contributed by atoms with Gasteiger partial charge in [0.15, 0.2) is 0 Å². The van der Waals surface area contributed by atoms with Crippen LogP contribution in [-0.2, 0) is 12.8 Å². The number of benzene rings is 2. The maximum Gasteiger partial charge on any atom is 0.0122 e. The third-order valence-electron chi connectivity index (χ3n) is 7.66. The van der Waals surface area contributed by atoms with Crippen LogP contribution in [0.3, 0.4) is 0 Å². The second kappa shape index (κ2) is 10.2. The highest BCUT2D eigenvalue weighted by molar-refractivity contribution is 7.99. The average molecular weight is 407 g/mol. The fourth-order valence-corrected chi connectivity index (χ4v) is 6.34. The molecule has 0 spiro atoms. The molecule has 2 saturated carbocycles. The highest BCUT2D eigenvalue weighted by Gasteiger charge is 2.22. The van der Waals surface area contributed by atoms with Crippen molar-refractivity contribution >= 4 is 11.8 Å². The van der Waals surface area contributed by atoms with Crippen LogP contribution >= 0.6 is 11.8 Å². The van der Waals surface area contributed by atoms with Gasteiger partial charge in [0, 0.05) is 9.79 Å². The first-order valence-corrected chi connectivity index (χ1v) is 12.8. The van der Waals surface area contributed by atoms with Gasteiger partial charge in [0.2, 0.25) is 0 Å². The summed E-state index contributed by atoms with van der Waals surface area (Å²) in [7, 11) is 0. The van der Waals surface area contributed by atoms with Crippen LogP contribution in [0.1, 0.15) is 76.3 Å². The van der Waals surface area contributed by atoms with Gasteiger partial charge in [0.25, 0.3) is 0 Å². The largest absolute Gasteiger partial charge is 0.0901 e. The molecule has 2 aromatic carbocycles. The van der Waals surface area contributed by atoms with Crippen LogP contribution in [0.2, 0.25) is 0 Å². The van der Waals surface area contributed by atoms with Crippen LogP contribution in [-0.4, -0.2) is 0 Å². The van der Waals surface area contributed by atoms with E-state index in [1.807, 2.05) is 11.8 Å². The molecule has 4 rings (SSSR count). The molecule has 2 aromatic rings. The summed E-state index contributed by atoms with van der Waals surface area (Å²) in [6.07, 6.45) is 13.9. The first-order chi connectivity index (χ1) is 14.2. The first-order valence-electron chi connectivity index (χ1n) is 12.0. The SMILES string of the molecule is CC1CCCCC1Cc1ccc(Sc2ccc(CC3CCCCC3C)cc2)cc1. The molecule has 0 heterocycles. The third-order valence-corrected chi connectivity index (χ3v) is 8.67. The van der Waals surface area contributed by atoms with Gasteiger partial charge < -0.3 is 0 Å².